The van der Waals surface area contributed by atoms with Crippen LogP contribution < -0.4 is 0 Å². The average molecular weight is 673 g/mol. The summed E-state index contributed by atoms with van der Waals surface area (Å²) in [5, 5.41) is 0.393. The zero-order chi connectivity index (χ0) is 36.7. The largest absolute Gasteiger partial charge is 0.418 e. The Labute approximate surface area is 281 Å². The molecule has 0 radical (unpaired) electrons. The molecule has 0 saturated carbocycles. The Kier molecular flexibility index (Phi) is 8.98. The number of rotatable bonds is 5. The van der Waals surface area contributed by atoms with Crippen molar-refractivity contribution in [2.24, 2.45) is 21.7 Å². The minimum absolute atomic E-state index is 0.0175. The van der Waals surface area contributed by atoms with Crippen LogP contribution in [0.15, 0.2) is 54.6 Å². The highest BCUT2D eigenvalue weighted by Crippen LogP contribution is 2.56. The van der Waals surface area contributed by atoms with Gasteiger partial charge in [0.2, 0.25) is 0 Å². The molecular weight excluding hydrogens is 622 g/mol. The third kappa shape index (κ3) is 6.10. The summed E-state index contributed by atoms with van der Waals surface area (Å²) in [5.41, 5.74) is -3.65. The van der Waals surface area contributed by atoms with E-state index in [0.717, 1.165) is 6.07 Å². The molecule has 0 aliphatic carbocycles. The van der Waals surface area contributed by atoms with E-state index in [9.17, 15) is 13.2 Å². The molecule has 0 spiro atoms. The van der Waals surface area contributed by atoms with Crippen LogP contribution in [-0.2, 0) is 29.6 Å². The molecule has 0 bridgehead atoms. The Balaban J connectivity index is 1.96. The molecule has 0 saturated heterocycles. The predicted octanol–water partition coefficient (Wildman–Crippen LogP) is 12.7. The van der Waals surface area contributed by atoms with E-state index in [1.54, 1.807) is 30.3 Å². The van der Waals surface area contributed by atoms with Crippen LogP contribution in [-0.4, -0.2) is 9.97 Å². The average Bonchev–Trinajstić information content (AvgIpc) is 2.91. The van der Waals surface area contributed by atoms with Gasteiger partial charge in [-0.25, -0.2) is 0 Å². The van der Waals surface area contributed by atoms with Crippen molar-refractivity contribution < 1.29 is 26.3 Å². The van der Waals surface area contributed by atoms with Gasteiger partial charge < -0.3 is 0 Å². The van der Waals surface area contributed by atoms with E-state index in [2.05, 4.69) is 48.5 Å². The normalized spacial score (nSPS) is 15.6. The topological polar surface area (TPSA) is 25.8 Å². The summed E-state index contributed by atoms with van der Waals surface area (Å²) in [5.74, 6) is 0. The van der Waals surface area contributed by atoms with Crippen LogP contribution in [0.4, 0.5) is 26.3 Å². The van der Waals surface area contributed by atoms with E-state index in [1.165, 1.54) is 12.1 Å². The molecule has 0 aliphatic rings. The van der Waals surface area contributed by atoms with Gasteiger partial charge in [0.15, 0.2) is 0 Å². The third-order valence-electron chi connectivity index (χ3n) is 11.8. The fourth-order valence-corrected chi connectivity index (χ4v) is 7.95. The van der Waals surface area contributed by atoms with Gasteiger partial charge in [0.25, 0.3) is 0 Å². The quantitative estimate of drug-likeness (QED) is 0.197. The van der Waals surface area contributed by atoms with E-state index in [1.807, 2.05) is 47.6 Å². The van der Waals surface area contributed by atoms with Crippen molar-refractivity contribution >= 4 is 21.8 Å². The highest BCUT2D eigenvalue weighted by Gasteiger charge is 2.53. The van der Waals surface area contributed by atoms with Crippen molar-refractivity contribution in [2.45, 2.75) is 120 Å². The lowest BCUT2D eigenvalue weighted by Gasteiger charge is -2.53. The van der Waals surface area contributed by atoms with Crippen molar-refractivity contribution in [2.75, 3.05) is 0 Å². The highest BCUT2D eigenvalue weighted by molar-refractivity contribution is 5.84. The molecule has 2 nitrogen and oxygen atoms in total. The van der Waals surface area contributed by atoms with Gasteiger partial charge >= 0.3 is 12.4 Å². The third-order valence-corrected chi connectivity index (χ3v) is 11.8. The van der Waals surface area contributed by atoms with E-state index >= 15 is 13.2 Å². The number of pyridine rings is 2. The number of fused-ring (bicyclic) bond motifs is 2. The van der Waals surface area contributed by atoms with Gasteiger partial charge in [-0.3, -0.25) is 9.97 Å². The molecular formula is C40H50F6N2. The number of halogens is 6. The summed E-state index contributed by atoms with van der Waals surface area (Å²) in [6.45, 7) is 26.4. The Morgan fingerprint density at radius 2 is 1.02 bits per heavy atom. The first-order valence-electron chi connectivity index (χ1n) is 16.5. The first kappa shape index (κ1) is 37.7. The van der Waals surface area contributed by atoms with E-state index in [0.29, 0.717) is 16.8 Å². The Morgan fingerprint density at radius 3 is 1.52 bits per heavy atom. The summed E-state index contributed by atoms with van der Waals surface area (Å²) in [6, 6.07) is 13.8. The number of alkyl halides is 6. The van der Waals surface area contributed by atoms with Gasteiger partial charge in [-0.2, -0.15) is 26.3 Å². The maximum absolute atomic E-state index is 15.3. The second-order valence-electron chi connectivity index (χ2n) is 17.5. The van der Waals surface area contributed by atoms with Gasteiger partial charge in [-0.15, -0.1) is 0 Å². The zero-order valence-electron chi connectivity index (χ0n) is 30.6. The molecule has 4 rings (SSSR count). The molecule has 0 aliphatic heterocycles. The van der Waals surface area contributed by atoms with Crippen molar-refractivity contribution in [3.63, 3.8) is 0 Å². The van der Waals surface area contributed by atoms with E-state index in [4.69, 9.17) is 9.97 Å². The number of hydrogen-bond donors (Lipinski definition) is 0. The minimum atomic E-state index is -4.69. The predicted molar refractivity (Wildman–Crippen MR) is 184 cm³/mol. The molecule has 8 heteroatoms. The zero-order valence-corrected chi connectivity index (χ0v) is 30.6. The molecule has 4 aromatic rings. The molecule has 0 N–H and O–H groups in total. The lowest BCUT2D eigenvalue weighted by Crippen LogP contribution is -2.51. The molecule has 2 heterocycles. The van der Waals surface area contributed by atoms with Crippen LogP contribution in [0, 0.1) is 21.7 Å². The fourth-order valence-electron chi connectivity index (χ4n) is 7.95. The van der Waals surface area contributed by atoms with Crippen molar-refractivity contribution in [3.8, 4) is 0 Å². The van der Waals surface area contributed by atoms with Crippen LogP contribution in [0.25, 0.3) is 21.8 Å². The second kappa shape index (κ2) is 11.4. The van der Waals surface area contributed by atoms with Crippen LogP contribution >= 0.6 is 0 Å². The molecule has 2 aromatic heterocycles. The van der Waals surface area contributed by atoms with Gasteiger partial charge in [0.1, 0.15) is 0 Å². The number of hydrogen-bond acceptors (Lipinski definition) is 2. The minimum Gasteiger partial charge on any atom is -0.252 e. The van der Waals surface area contributed by atoms with Crippen molar-refractivity contribution in [1.29, 1.82) is 0 Å². The molecule has 0 fully saturated rings. The first-order chi connectivity index (χ1) is 21.5. The number of nitrogens with zero attached hydrogens (tertiary/aromatic N) is 2. The standard InChI is InChI=1S/C40H50F6N2/c1-33(2,3)37(12,34(4,5)6)29-21-19-24-17-18-25(31(32(24)48-29)40(44,45)46)23-36(10,11)38(13,35(7,8)9)30-22-20-26-27(39(41,42)43)15-14-16-28(26)47-30/h14-22H,23H2,1-13H3. The van der Waals surface area contributed by atoms with E-state index in [-0.39, 0.29) is 39.2 Å². The lowest BCUT2D eigenvalue weighted by atomic mass is 9.51. The van der Waals surface area contributed by atoms with Crippen LogP contribution in [0.3, 0.4) is 0 Å². The Morgan fingerprint density at radius 1 is 0.521 bits per heavy atom. The summed E-state index contributed by atoms with van der Waals surface area (Å²) < 4.78 is 87.2. The molecule has 1 unspecified atom stereocenters. The van der Waals surface area contributed by atoms with Gasteiger partial charge in [-0.05, 0) is 57.9 Å². The Hall–Kier alpha value is -3.16. The van der Waals surface area contributed by atoms with Crippen LogP contribution in [0.1, 0.15) is 118 Å². The van der Waals surface area contributed by atoms with E-state index < -0.39 is 45.1 Å². The van der Waals surface area contributed by atoms with Gasteiger partial charge in [0.05, 0.1) is 22.2 Å². The highest BCUT2D eigenvalue weighted by atomic mass is 19.4. The molecule has 262 valence electrons. The second-order valence-corrected chi connectivity index (χ2v) is 17.5. The monoisotopic (exact) mass is 672 g/mol. The molecule has 1 atom stereocenters. The summed E-state index contributed by atoms with van der Waals surface area (Å²) >= 11 is 0. The van der Waals surface area contributed by atoms with Crippen molar-refractivity contribution in [1.82, 2.24) is 9.97 Å². The smallest absolute Gasteiger partial charge is 0.252 e. The maximum Gasteiger partial charge on any atom is 0.418 e. The number of aromatic nitrogens is 2. The molecule has 48 heavy (non-hydrogen) atoms. The van der Waals surface area contributed by atoms with Gasteiger partial charge in [0, 0.05) is 33.0 Å². The van der Waals surface area contributed by atoms with Crippen LogP contribution in [0.5, 0.6) is 0 Å². The SMILES string of the molecule is CC(C)(C)C(C)(c1ccc2ccc(CC(C)(C)C(C)(c3ccc4c(C(F)(F)F)cccc4n3)C(C)(C)C)c(C(F)(F)F)c2n1)C(C)(C)C. The number of benzene rings is 2. The Bertz CT molecular complexity index is 1810. The lowest BCUT2D eigenvalue weighted by molar-refractivity contribution is -0.137. The summed E-state index contributed by atoms with van der Waals surface area (Å²) in [4.78, 5) is 9.61. The fraction of sp³-hybridized carbons (Fsp3) is 0.550. The van der Waals surface area contributed by atoms with Crippen LogP contribution in [0.2, 0.25) is 0 Å². The van der Waals surface area contributed by atoms with Crippen molar-refractivity contribution in [3.05, 3.63) is 82.7 Å². The summed E-state index contributed by atoms with van der Waals surface area (Å²) in [6.07, 6.45) is -9.22. The molecule has 2 aromatic carbocycles. The molecule has 0 amide bonds. The summed E-state index contributed by atoms with van der Waals surface area (Å²) in [7, 11) is 0. The first-order valence-corrected chi connectivity index (χ1v) is 16.5. The van der Waals surface area contributed by atoms with Gasteiger partial charge in [-0.1, -0.05) is 120 Å². The maximum atomic E-state index is 15.3.